The number of ketones is 1. The molecule has 0 radical (unpaired) electrons. The molecule has 5 rings (SSSR count). The number of ether oxygens (including phenoxy) is 2. The van der Waals surface area contributed by atoms with Crippen molar-refractivity contribution in [1.29, 1.82) is 0 Å². The van der Waals surface area contributed by atoms with Gasteiger partial charge >= 0.3 is 0 Å². The average molecular weight is 699 g/mol. The Bertz CT molecular complexity index is 1750. The zero-order valence-electron chi connectivity index (χ0n) is 28.9. The van der Waals surface area contributed by atoms with Crippen molar-refractivity contribution in [2.24, 2.45) is 22.7 Å². The highest BCUT2D eigenvalue weighted by molar-refractivity contribution is 7.90. The highest BCUT2D eigenvalue weighted by atomic mass is 32.2. The second-order valence-electron chi connectivity index (χ2n) is 14.4. The Kier molecular flexibility index (Phi) is 10.1. The molecule has 5 atom stereocenters. The van der Waals surface area contributed by atoms with Crippen LogP contribution >= 0.6 is 0 Å². The van der Waals surface area contributed by atoms with E-state index in [1.165, 1.54) is 19.1 Å². The van der Waals surface area contributed by atoms with Gasteiger partial charge in [0.05, 0.1) is 43.4 Å². The van der Waals surface area contributed by atoms with Crippen LogP contribution in [0.3, 0.4) is 0 Å². The average Bonchev–Trinajstić information content (AvgIpc) is 3.98. The number of sulfonamides is 1. The van der Waals surface area contributed by atoms with Crippen LogP contribution in [0.1, 0.15) is 59.3 Å². The van der Waals surface area contributed by atoms with Crippen LogP contribution in [0.5, 0.6) is 11.6 Å². The number of nitrogens with zero attached hydrogens (tertiary/aromatic N) is 3. The highest BCUT2D eigenvalue weighted by Gasteiger charge is 2.61. The minimum atomic E-state index is -3.85. The van der Waals surface area contributed by atoms with Gasteiger partial charge in [0.2, 0.25) is 33.6 Å². The van der Waals surface area contributed by atoms with Crippen LogP contribution in [0.15, 0.2) is 43.1 Å². The third-order valence-corrected chi connectivity index (χ3v) is 11.9. The molecule has 1 aliphatic heterocycles. The molecule has 14 heteroatoms. The number of carbonyl (C=O) groups is 4. The van der Waals surface area contributed by atoms with E-state index in [4.69, 9.17) is 14.3 Å². The summed E-state index contributed by atoms with van der Waals surface area (Å²) < 4.78 is 39.3. The van der Waals surface area contributed by atoms with E-state index in [0.717, 1.165) is 15.8 Å². The Morgan fingerprint density at radius 1 is 1.18 bits per heavy atom. The van der Waals surface area contributed by atoms with Gasteiger partial charge in [-0.2, -0.15) is 0 Å². The van der Waals surface area contributed by atoms with E-state index in [1.54, 1.807) is 25.4 Å². The number of carbonyl (C=O) groups excluding carboxylic acids is 4. The molecule has 0 spiro atoms. The molecule has 3 amide bonds. The van der Waals surface area contributed by atoms with Crippen molar-refractivity contribution in [2.75, 3.05) is 27.8 Å². The number of hydrogen-bond donors (Lipinski definition) is 1. The Balaban J connectivity index is 1.45. The summed E-state index contributed by atoms with van der Waals surface area (Å²) in [6.07, 6.45) is 3.42. The molecule has 1 aromatic heterocycles. The second kappa shape index (κ2) is 13.7. The Hall–Kier alpha value is -4.04. The number of rotatable bonds is 14. The number of aromatic nitrogens is 1. The number of nitrogens with one attached hydrogen (secondary N) is 1. The fraction of sp³-hybridized carbons (Fsp3) is 0.571. The summed E-state index contributed by atoms with van der Waals surface area (Å²) in [6.45, 7) is 9.38. The molecule has 0 bridgehead atoms. The van der Waals surface area contributed by atoms with Gasteiger partial charge in [-0.1, -0.05) is 26.8 Å². The molecular weight excluding hydrogens is 652 g/mol. The quantitative estimate of drug-likeness (QED) is 0.229. The van der Waals surface area contributed by atoms with Gasteiger partial charge < -0.3 is 14.4 Å². The Morgan fingerprint density at radius 2 is 1.90 bits per heavy atom. The van der Waals surface area contributed by atoms with Crippen LogP contribution in [0.25, 0.3) is 10.8 Å². The van der Waals surface area contributed by atoms with Crippen LogP contribution in [-0.4, -0.2) is 92.1 Å². The number of hydrogen-bond acceptors (Lipinski definition) is 10. The minimum absolute atomic E-state index is 0.0322. The molecule has 13 nitrogen and oxygen atoms in total. The van der Waals surface area contributed by atoms with Gasteiger partial charge in [-0.05, 0) is 60.2 Å². The Labute approximate surface area is 287 Å². The van der Waals surface area contributed by atoms with Crippen molar-refractivity contribution in [2.45, 2.75) is 76.7 Å². The summed E-state index contributed by atoms with van der Waals surface area (Å²) in [4.78, 5) is 66.1. The molecule has 3 aliphatic rings. The van der Waals surface area contributed by atoms with Crippen molar-refractivity contribution in [1.82, 2.24) is 19.7 Å². The summed E-state index contributed by atoms with van der Waals surface area (Å²) in [5, 5.41) is 2.00. The summed E-state index contributed by atoms with van der Waals surface area (Å²) in [5.74, 6) is -2.16. The van der Waals surface area contributed by atoms with Gasteiger partial charge in [0.25, 0.3) is 0 Å². The first kappa shape index (κ1) is 36.2. The molecule has 1 N–H and O–H groups in total. The lowest BCUT2D eigenvalue weighted by atomic mass is 9.77. The van der Waals surface area contributed by atoms with Crippen LogP contribution in [-0.2, 0) is 34.0 Å². The van der Waals surface area contributed by atoms with E-state index in [2.05, 4.69) is 16.3 Å². The molecule has 2 heterocycles. The molecule has 1 aromatic carbocycles. The standard InChI is InChI=1S/C35H46N4O9S/c1-8-22-18-35(22,33(43)37-49(44,45)25-10-11-25)19-29(40)28-16-24(48-31-26-12-9-23(46-6)15-21(26)13-14-36-31)20-39(28)32(42)27(34(2,3)4)17-30(41)38(5)47-7/h8-9,12-15,22,24-25,27-28H,1,10-11,16-20H2,2-7H3,(H,37,43)/t22-,24?,27-,28+,35-/m1/s1. The predicted molar refractivity (Wildman–Crippen MR) is 181 cm³/mol. The first-order chi connectivity index (χ1) is 23.0. The molecule has 2 aromatic rings. The zero-order valence-corrected chi connectivity index (χ0v) is 29.7. The van der Waals surface area contributed by atoms with Crippen LogP contribution < -0.4 is 14.2 Å². The molecule has 49 heavy (non-hydrogen) atoms. The topological polar surface area (TPSA) is 162 Å². The van der Waals surface area contributed by atoms with Gasteiger partial charge in [-0.3, -0.25) is 28.7 Å². The summed E-state index contributed by atoms with van der Waals surface area (Å²) in [6, 6.07) is 6.29. The van der Waals surface area contributed by atoms with Crippen molar-refractivity contribution >= 4 is 44.3 Å². The predicted octanol–water partition coefficient (Wildman–Crippen LogP) is 3.42. The summed E-state index contributed by atoms with van der Waals surface area (Å²) in [5.41, 5.74) is -1.96. The minimum Gasteiger partial charge on any atom is -0.497 e. The van der Waals surface area contributed by atoms with E-state index in [9.17, 15) is 27.6 Å². The summed E-state index contributed by atoms with van der Waals surface area (Å²) in [7, 11) is 0.551. The van der Waals surface area contributed by atoms with Crippen molar-refractivity contribution in [3.8, 4) is 11.6 Å². The zero-order chi connectivity index (χ0) is 35.9. The maximum atomic E-state index is 14.4. The number of amides is 3. The number of Topliss-reactive ketones (excluding diaryl/α,β-unsaturated/α-hetero) is 1. The second-order valence-corrected chi connectivity index (χ2v) is 16.4. The molecule has 266 valence electrons. The van der Waals surface area contributed by atoms with Crippen molar-refractivity contribution < 1.29 is 41.9 Å². The maximum Gasteiger partial charge on any atom is 0.246 e. The molecule has 1 unspecified atom stereocenters. The smallest absolute Gasteiger partial charge is 0.246 e. The molecule has 3 fully saturated rings. The van der Waals surface area contributed by atoms with E-state index >= 15 is 0 Å². The van der Waals surface area contributed by atoms with Gasteiger partial charge in [0.1, 0.15) is 11.9 Å². The number of fused-ring (bicyclic) bond motifs is 1. The van der Waals surface area contributed by atoms with Gasteiger partial charge in [-0.15, -0.1) is 6.58 Å². The van der Waals surface area contributed by atoms with Gasteiger partial charge in [0, 0.05) is 37.9 Å². The largest absolute Gasteiger partial charge is 0.497 e. The van der Waals surface area contributed by atoms with E-state index < -0.39 is 73.6 Å². The number of likely N-dealkylation sites (tertiary alicyclic amines) is 1. The number of benzene rings is 1. The lowest BCUT2D eigenvalue weighted by Crippen LogP contribution is -2.49. The first-order valence-electron chi connectivity index (χ1n) is 16.5. The van der Waals surface area contributed by atoms with E-state index in [1.807, 2.05) is 39.0 Å². The fourth-order valence-electron chi connectivity index (χ4n) is 6.62. The third kappa shape index (κ3) is 7.59. The highest BCUT2D eigenvalue weighted by Crippen LogP contribution is 2.57. The normalized spacial score (nSPS) is 24.2. The van der Waals surface area contributed by atoms with Crippen molar-refractivity contribution in [3.05, 3.63) is 43.1 Å². The van der Waals surface area contributed by atoms with Crippen LogP contribution in [0.2, 0.25) is 0 Å². The first-order valence-corrected chi connectivity index (χ1v) is 18.0. The summed E-state index contributed by atoms with van der Waals surface area (Å²) >= 11 is 0. The van der Waals surface area contributed by atoms with Crippen molar-refractivity contribution in [3.63, 3.8) is 0 Å². The SMILES string of the molecule is C=C[C@@H]1C[C@]1(CC(=O)[C@@H]1CC(Oc2nccc3cc(OC)ccc23)CN1C(=O)[C@@H](CC(=O)N(C)OC)C(C)(C)C)C(=O)NS(=O)(=O)C1CC1. The van der Waals surface area contributed by atoms with Crippen LogP contribution in [0.4, 0.5) is 0 Å². The molecule has 2 aliphatic carbocycles. The number of allylic oxidation sites excluding steroid dienone is 1. The third-order valence-electron chi connectivity index (χ3n) is 10.0. The number of pyridine rings is 1. The number of methoxy groups -OCH3 is 1. The van der Waals surface area contributed by atoms with E-state index in [0.29, 0.717) is 24.5 Å². The molecule has 1 saturated heterocycles. The van der Waals surface area contributed by atoms with Crippen LogP contribution in [0, 0.1) is 22.7 Å². The maximum absolute atomic E-state index is 14.4. The Morgan fingerprint density at radius 3 is 2.49 bits per heavy atom. The van der Waals surface area contributed by atoms with Gasteiger partial charge in [0.15, 0.2) is 5.78 Å². The fourth-order valence-corrected chi connectivity index (χ4v) is 8.00. The lowest BCUT2D eigenvalue weighted by molar-refractivity contribution is -0.172. The lowest BCUT2D eigenvalue weighted by Gasteiger charge is -2.35. The van der Waals surface area contributed by atoms with E-state index in [-0.39, 0.29) is 32.2 Å². The van der Waals surface area contributed by atoms with Gasteiger partial charge in [-0.25, -0.2) is 18.5 Å². The monoisotopic (exact) mass is 698 g/mol. The molecular formula is C35H46N4O9S. The molecule has 2 saturated carbocycles. The number of hydroxylamine groups is 2.